The lowest BCUT2D eigenvalue weighted by Gasteiger charge is -2.26. The monoisotopic (exact) mass is 387 g/mol. The summed E-state index contributed by atoms with van der Waals surface area (Å²) >= 11 is 6.05. The predicted molar refractivity (Wildman–Crippen MR) is 85.8 cm³/mol. The molecule has 1 aliphatic rings. The summed E-state index contributed by atoms with van der Waals surface area (Å²) in [4.78, 5) is 24.5. The van der Waals surface area contributed by atoms with Crippen LogP contribution in [0.4, 0.5) is 13.2 Å². The first-order chi connectivity index (χ1) is 12.2. The van der Waals surface area contributed by atoms with Gasteiger partial charge in [-0.05, 0) is 30.7 Å². The summed E-state index contributed by atoms with van der Waals surface area (Å²) in [5.41, 5.74) is -2.43. The van der Waals surface area contributed by atoms with Gasteiger partial charge in [0.2, 0.25) is 0 Å². The second kappa shape index (κ2) is 6.35. The molecule has 26 heavy (non-hydrogen) atoms. The van der Waals surface area contributed by atoms with Gasteiger partial charge in [0.05, 0.1) is 5.02 Å². The molecule has 0 saturated carbocycles. The summed E-state index contributed by atoms with van der Waals surface area (Å²) in [6.07, 6.45) is -5.66. The fraction of sp³-hybridized carbons (Fsp3) is 0.294. The molecule has 1 aromatic heterocycles. The van der Waals surface area contributed by atoms with Crippen LogP contribution in [0.1, 0.15) is 17.0 Å². The van der Waals surface area contributed by atoms with Crippen molar-refractivity contribution < 1.29 is 32.3 Å². The Morgan fingerprint density at radius 1 is 1.19 bits per heavy atom. The molecule has 1 saturated heterocycles. The fourth-order valence-electron chi connectivity index (χ4n) is 2.92. The molecule has 1 amide bonds. The highest BCUT2D eigenvalue weighted by molar-refractivity contribution is 6.33. The van der Waals surface area contributed by atoms with Crippen molar-refractivity contribution in [3.05, 3.63) is 47.2 Å². The Labute approximate surface area is 151 Å². The zero-order valence-corrected chi connectivity index (χ0v) is 14.0. The van der Waals surface area contributed by atoms with E-state index in [9.17, 15) is 22.8 Å². The van der Waals surface area contributed by atoms with Crippen LogP contribution in [0.25, 0.3) is 11.3 Å². The summed E-state index contributed by atoms with van der Waals surface area (Å²) < 4.78 is 45.1. The average Bonchev–Trinajstić information content (AvgIpc) is 3.22. The number of furan rings is 1. The SMILES string of the molecule is O=C(c1ccc(-c2ccccc2Cl)o1)N1CCC(C(=O)O)(C(F)(F)F)C1. The van der Waals surface area contributed by atoms with Crippen molar-refractivity contribution in [1.82, 2.24) is 4.90 Å². The van der Waals surface area contributed by atoms with E-state index in [1.165, 1.54) is 12.1 Å². The molecule has 3 rings (SSSR count). The van der Waals surface area contributed by atoms with Crippen LogP contribution in [-0.2, 0) is 4.79 Å². The molecule has 1 atom stereocenters. The van der Waals surface area contributed by atoms with Gasteiger partial charge in [-0.2, -0.15) is 13.2 Å². The zero-order chi connectivity index (χ0) is 19.1. The van der Waals surface area contributed by atoms with Crippen LogP contribution in [-0.4, -0.2) is 41.1 Å². The number of hydrogen-bond donors (Lipinski definition) is 1. The second-order valence-electron chi connectivity index (χ2n) is 6.01. The van der Waals surface area contributed by atoms with E-state index in [4.69, 9.17) is 21.1 Å². The normalized spacial score (nSPS) is 20.4. The average molecular weight is 388 g/mol. The van der Waals surface area contributed by atoms with Crippen LogP contribution in [0.2, 0.25) is 5.02 Å². The van der Waals surface area contributed by atoms with E-state index in [2.05, 4.69) is 0 Å². The van der Waals surface area contributed by atoms with Crippen molar-refractivity contribution in [3.63, 3.8) is 0 Å². The van der Waals surface area contributed by atoms with Gasteiger partial charge in [0, 0.05) is 18.7 Å². The van der Waals surface area contributed by atoms with Crippen LogP contribution in [0.5, 0.6) is 0 Å². The highest BCUT2D eigenvalue weighted by atomic mass is 35.5. The highest BCUT2D eigenvalue weighted by Gasteiger charge is 2.64. The lowest BCUT2D eigenvalue weighted by Crippen LogP contribution is -2.47. The molecule has 0 bridgehead atoms. The number of carboxylic acid groups (broad SMARTS) is 1. The highest BCUT2D eigenvalue weighted by Crippen LogP contribution is 2.46. The molecule has 5 nitrogen and oxygen atoms in total. The first kappa shape index (κ1) is 18.3. The van der Waals surface area contributed by atoms with Gasteiger partial charge in [-0.1, -0.05) is 23.7 Å². The zero-order valence-electron chi connectivity index (χ0n) is 13.2. The van der Waals surface area contributed by atoms with Gasteiger partial charge in [-0.25, -0.2) is 0 Å². The van der Waals surface area contributed by atoms with Gasteiger partial charge in [0.1, 0.15) is 5.76 Å². The Bertz CT molecular complexity index is 864. The Hall–Kier alpha value is -2.48. The van der Waals surface area contributed by atoms with Crippen LogP contribution in [0.3, 0.4) is 0 Å². The minimum Gasteiger partial charge on any atom is -0.481 e. The molecule has 1 aliphatic heterocycles. The minimum absolute atomic E-state index is 0.178. The van der Waals surface area contributed by atoms with Gasteiger partial charge in [0.15, 0.2) is 11.2 Å². The molecule has 0 spiro atoms. The van der Waals surface area contributed by atoms with Crippen molar-refractivity contribution in [2.45, 2.75) is 12.6 Å². The number of carbonyl (C=O) groups excluding carboxylic acids is 1. The first-order valence-electron chi connectivity index (χ1n) is 7.60. The first-order valence-corrected chi connectivity index (χ1v) is 7.98. The Kier molecular flexibility index (Phi) is 4.47. The molecule has 138 valence electrons. The molecule has 9 heteroatoms. The number of carbonyl (C=O) groups is 2. The molecular weight excluding hydrogens is 375 g/mol. The topological polar surface area (TPSA) is 70.8 Å². The number of amides is 1. The Morgan fingerprint density at radius 3 is 2.46 bits per heavy atom. The van der Waals surface area contributed by atoms with Gasteiger partial charge in [-0.15, -0.1) is 0 Å². The van der Waals surface area contributed by atoms with Crippen molar-refractivity contribution >= 4 is 23.5 Å². The predicted octanol–water partition coefficient (Wildman–Crippen LogP) is 4.08. The number of nitrogens with zero attached hydrogens (tertiary/aromatic N) is 1. The van der Waals surface area contributed by atoms with Crippen molar-refractivity contribution in [2.75, 3.05) is 13.1 Å². The maximum Gasteiger partial charge on any atom is 0.406 e. The Balaban J connectivity index is 1.84. The van der Waals surface area contributed by atoms with E-state index in [1.54, 1.807) is 24.3 Å². The summed E-state index contributed by atoms with van der Waals surface area (Å²) in [7, 11) is 0. The standard InChI is InChI=1S/C17H13ClF3NO4/c18-11-4-2-1-3-10(11)12-5-6-13(26-12)14(23)22-8-7-16(9-22,15(24)25)17(19,20)21/h1-6H,7-9H2,(H,24,25). The van der Waals surface area contributed by atoms with E-state index in [-0.39, 0.29) is 12.3 Å². The van der Waals surface area contributed by atoms with Crippen LogP contribution in [0, 0.1) is 5.41 Å². The third-order valence-corrected chi connectivity index (χ3v) is 4.79. The van der Waals surface area contributed by atoms with Crippen molar-refractivity contribution in [3.8, 4) is 11.3 Å². The lowest BCUT2D eigenvalue weighted by atomic mass is 9.86. The van der Waals surface area contributed by atoms with Crippen molar-refractivity contribution in [1.29, 1.82) is 0 Å². The molecule has 0 radical (unpaired) electrons. The van der Waals surface area contributed by atoms with E-state index >= 15 is 0 Å². The molecule has 2 heterocycles. The molecule has 0 aliphatic carbocycles. The number of likely N-dealkylation sites (tertiary alicyclic amines) is 1. The smallest absolute Gasteiger partial charge is 0.406 e. The van der Waals surface area contributed by atoms with Gasteiger partial charge >= 0.3 is 12.1 Å². The number of hydrogen-bond acceptors (Lipinski definition) is 3. The number of halogens is 4. The van der Waals surface area contributed by atoms with Gasteiger partial charge in [0.25, 0.3) is 5.91 Å². The van der Waals surface area contributed by atoms with E-state index in [0.717, 1.165) is 4.90 Å². The molecule has 2 aromatic rings. The van der Waals surface area contributed by atoms with E-state index in [1.807, 2.05) is 0 Å². The number of aliphatic carboxylic acids is 1. The second-order valence-corrected chi connectivity index (χ2v) is 6.41. The van der Waals surface area contributed by atoms with Gasteiger partial charge < -0.3 is 14.4 Å². The van der Waals surface area contributed by atoms with Gasteiger partial charge in [-0.3, -0.25) is 9.59 Å². The summed E-state index contributed by atoms with van der Waals surface area (Å²) in [6.45, 7) is -1.28. The maximum atomic E-state index is 13.2. The maximum absolute atomic E-state index is 13.2. The Morgan fingerprint density at radius 2 is 1.88 bits per heavy atom. The molecule has 1 fully saturated rings. The molecular formula is C17H13ClF3NO4. The summed E-state index contributed by atoms with van der Waals surface area (Å²) in [6, 6.07) is 9.55. The molecule has 1 unspecified atom stereocenters. The number of alkyl halides is 3. The molecule has 1 aromatic carbocycles. The fourth-order valence-corrected chi connectivity index (χ4v) is 3.15. The third-order valence-electron chi connectivity index (χ3n) is 4.46. The van der Waals surface area contributed by atoms with E-state index < -0.39 is 36.4 Å². The quantitative estimate of drug-likeness (QED) is 0.861. The van der Waals surface area contributed by atoms with Crippen LogP contribution in [0.15, 0.2) is 40.8 Å². The largest absolute Gasteiger partial charge is 0.481 e. The minimum atomic E-state index is -4.96. The lowest BCUT2D eigenvalue weighted by molar-refractivity contribution is -0.227. The number of carboxylic acids is 1. The number of benzene rings is 1. The van der Waals surface area contributed by atoms with Crippen LogP contribution >= 0.6 is 11.6 Å². The van der Waals surface area contributed by atoms with E-state index in [0.29, 0.717) is 16.3 Å². The number of rotatable bonds is 3. The third kappa shape index (κ3) is 2.94. The van der Waals surface area contributed by atoms with Crippen LogP contribution < -0.4 is 0 Å². The summed E-state index contributed by atoms with van der Waals surface area (Å²) in [5.74, 6) is -2.67. The van der Waals surface area contributed by atoms with Crippen molar-refractivity contribution in [2.24, 2.45) is 5.41 Å². The molecule has 1 N–H and O–H groups in total. The summed E-state index contributed by atoms with van der Waals surface area (Å²) in [5, 5.41) is 9.45.